The van der Waals surface area contributed by atoms with Crippen LogP contribution in [0.25, 0.3) is 22.4 Å². The summed E-state index contributed by atoms with van der Waals surface area (Å²) in [6.07, 6.45) is 5.61. The Bertz CT molecular complexity index is 1540. The van der Waals surface area contributed by atoms with Crippen LogP contribution >= 0.6 is 11.6 Å². The third-order valence-electron chi connectivity index (χ3n) is 6.63. The van der Waals surface area contributed by atoms with Crippen LogP contribution in [0, 0.1) is 18.7 Å². The number of aliphatic hydroxyl groups excluding tert-OH is 1. The largest absolute Gasteiger partial charge is 0.391 e. The third kappa shape index (κ3) is 4.44. The first-order chi connectivity index (χ1) is 17.1. The van der Waals surface area contributed by atoms with Gasteiger partial charge in [-0.1, -0.05) is 42.6 Å². The number of rotatable bonds is 5. The summed E-state index contributed by atoms with van der Waals surface area (Å²) in [6.45, 7) is 3.83. The van der Waals surface area contributed by atoms with Gasteiger partial charge in [0.1, 0.15) is 0 Å². The molecule has 1 fully saturated rings. The van der Waals surface area contributed by atoms with Gasteiger partial charge in [0.2, 0.25) is 0 Å². The molecule has 1 aromatic carbocycles. The Hall–Kier alpha value is -3.08. The number of aliphatic hydroxyl groups is 1. The molecular weight excluding hydrogens is 505 g/mol. The number of hydrogen-bond acceptors (Lipinski definition) is 7. The first-order valence-corrected chi connectivity index (χ1v) is 13.4. The Morgan fingerprint density at radius 2 is 1.92 bits per heavy atom. The summed E-state index contributed by atoms with van der Waals surface area (Å²) in [5.74, 6) is -0.547. The van der Waals surface area contributed by atoms with E-state index in [0.717, 1.165) is 28.6 Å². The summed E-state index contributed by atoms with van der Waals surface area (Å²) in [6, 6.07) is 7.70. The Labute approximate surface area is 213 Å². The molecule has 11 heteroatoms. The minimum atomic E-state index is -4.00. The molecule has 3 atom stereocenters. The monoisotopic (exact) mass is 529 g/mol. The number of fused-ring (bicyclic) bond motifs is 1. The van der Waals surface area contributed by atoms with E-state index in [1.807, 2.05) is 13.8 Å². The number of aryl methyl sites for hydroxylation is 1. The maximum Gasteiger partial charge on any atom is 0.269 e. The van der Waals surface area contributed by atoms with E-state index in [0.29, 0.717) is 22.4 Å². The topological polar surface area (TPSA) is 110 Å². The van der Waals surface area contributed by atoms with Crippen LogP contribution in [0.1, 0.15) is 31.7 Å². The van der Waals surface area contributed by atoms with Gasteiger partial charge in [0, 0.05) is 23.3 Å². The highest BCUT2D eigenvalue weighted by atomic mass is 35.5. The second-order valence-corrected chi connectivity index (χ2v) is 11.5. The van der Waals surface area contributed by atoms with Crippen LogP contribution in [0.3, 0.4) is 0 Å². The normalized spacial score (nSPS) is 20.5. The van der Waals surface area contributed by atoms with Crippen LogP contribution in [0.2, 0.25) is 5.02 Å². The third-order valence-corrected chi connectivity index (χ3v) is 8.50. The summed E-state index contributed by atoms with van der Waals surface area (Å²) in [5.41, 5.74) is 1.40. The van der Waals surface area contributed by atoms with E-state index in [2.05, 4.69) is 20.3 Å². The van der Waals surface area contributed by atoms with Crippen molar-refractivity contribution in [2.24, 2.45) is 5.92 Å². The van der Waals surface area contributed by atoms with E-state index >= 15 is 0 Å². The fourth-order valence-electron chi connectivity index (χ4n) is 4.57. The second-order valence-electron chi connectivity index (χ2n) is 9.22. The fraction of sp³-hybridized carbons (Fsp3) is 0.320. The maximum atomic E-state index is 14.7. The Morgan fingerprint density at radius 3 is 2.67 bits per heavy atom. The van der Waals surface area contributed by atoms with Crippen LogP contribution in [0.5, 0.6) is 0 Å². The molecule has 188 valence electrons. The SMILES string of the molecule is Cc1ccc(S(=O)(=O)n2cc(-c3ncc(F)c(NC4CCCC(C)C4O)n3)c3cc(Cl)cnc32)cc1. The summed E-state index contributed by atoms with van der Waals surface area (Å²) < 4.78 is 42.7. The Balaban J connectivity index is 1.61. The fourth-order valence-corrected chi connectivity index (χ4v) is 6.05. The van der Waals surface area contributed by atoms with Gasteiger partial charge in [-0.15, -0.1) is 0 Å². The van der Waals surface area contributed by atoms with Crippen molar-refractivity contribution < 1.29 is 17.9 Å². The lowest BCUT2D eigenvalue weighted by atomic mass is 9.84. The van der Waals surface area contributed by atoms with Crippen molar-refractivity contribution in [1.82, 2.24) is 18.9 Å². The van der Waals surface area contributed by atoms with E-state index in [4.69, 9.17) is 11.6 Å². The molecule has 1 saturated carbocycles. The van der Waals surface area contributed by atoms with Crippen molar-refractivity contribution in [2.75, 3.05) is 5.32 Å². The predicted molar refractivity (Wildman–Crippen MR) is 136 cm³/mol. The van der Waals surface area contributed by atoms with Gasteiger partial charge in [0.25, 0.3) is 10.0 Å². The van der Waals surface area contributed by atoms with Crippen LogP contribution in [-0.4, -0.2) is 44.6 Å². The minimum absolute atomic E-state index is 0.0598. The zero-order valence-electron chi connectivity index (χ0n) is 19.7. The molecule has 0 radical (unpaired) electrons. The lowest BCUT2D eigenvalue weighted by molar-refractivity contribution is 0.0669. The summed E-state index contributed by atoms with van der Waals surface area (Å²) in [5, 5.41) is 14.3. The molecule has 8 nitrogen and oxygen atoms in total. The number of benzene rings is 1. The molecule has 2 N–H and O–H groups in total. The number of anilines is 1. The van der Waals surface area contributed by atoms with E-state index in [9.17, 15) is 17.9 Å². The highest BCUT2D eigenvalue weighted by molar-refractivity contribution is 7.90. The van der Waals surface area contributed by atoms with E-state index in [1.165, 1.54) is 24.5 Å². The lowest BCUT2D eigenvalue weighted by Crippen LogP contribution is -2.41. The predicted octanol–water partition coefficient (Wildman–Crippen LogP) is 4.79. The van der Waals surface area contributed by atoms with E-state index in [-0.39, 0.29) is 34.1 Å². The standard InChI is InChI=1S/C25H25ClFN5O3S/c1-14-6-8-17(9-7-14)36(34,35)32-13-19(18-10-16(26)11-29-25(18)32)23-28-12-20(27)24(31-23)30-21-5-3-4-15(2)22(21)33/h6-13,15,21-22,33H,3-5H2,1-2H3,(H,28,30,31). The quantitative estimate of drug-likeness (QED) is 0.382. The van der Waals surface area contributed by atoms with Gasteiger partial charge in [-0.25, -0.2) is 31.7 Å². The molecular formula is C25H25ClFN5O3S. The summed E-state index contributed by atoms with van der Waals surface area (Å²) in [4.78, 5) is 12.9. The smallest absolute Gasteiger partial charge is 0.269 e. The lowest BCUT2D eigenvalue weighted by Gasteiger charge is -2.33. The zero-order valence-corrected chi connectivity index (χ0v) is 21.3. The Morgan fingerprint density at radius 1 is 1.17 bits per heavy atom. The average molecular weight is 530 g/mol. The van der Waals surface area contributed by atoms with Crippen molar-refractivity contribution >= 4 is 38.5 Å². The van der Waals surface area contributed by atoms with Gasteiger partial charge in [0.15, 0.2) is 23.1 Å². The molecule has 0 aliphatic heterocycles. The van der Waals surface area contributed by atoms with Crippen LogP contribution in [0.4, 0.5) is 10.2 Å². The zero-order chi connectivity index (χ0) is 25.6. The molecule has 0 saturated heterocycles. The first kappa shape index (κ1) is 24.6. The molecule has 5 rings (SSSR count). The number of halogens is 2. The van der Waals surface area contributed by atoms with E-state index < -0.39 is 21.9 Å². The molecule has 0 amide bonds. The molecule has 4 aromatic rings. The number of nitrogens with one attached hydrogen (secondary N) is 1. The van der Waals surface area contributed by atoms with Crippen molar-refractivity contribution in [3.8, 4) is 11.4 Å². The number of aromatic nitrogens is 4. The van der Waals surface area contributed by atoms with Crippen LogP contribution < -0.4 is 5.32 Å². The van der Waals surface area contributed by atoms with E-state index in [1.54, 1.807) is 18.2 Å². The maximum absolute atomic E-state index is 14.7. The molecule has 3 heterocycles. The van der Waals surface area contributed by atoms with Crippen LogP contribution in [0.15, 0.2) is 53.8 Å². The van der Waals surface area contributed by atoms with Gasteiger partial charge in [-0.2, -0.15) is 0 Å². The van der Waals surface area contributed by atoms with Crippen molar-refractivity contribution in [3.05, 3.63) is 65.3 Å². The highest BCUT2D eigenvalue weighted by Crippen LogP contribution is 2.33. The van der Waals surface area contributed by atoms with Gasteiger partial charge < -0.3 is 10.4 Å². The highest BCUT2D eigenvalue weighted by Gasteiger charge is 2.30. The summed E-state index contributed by atoms with van der Waals surface area (Å²) in [7, 11) is -4.00. The molecule has 1 aliphatic carbocycles. The molecule has 36 heavy (non-hydrogen) atoms. The molecule has 1 aliphatic rings. The number of hydrogen-bond donors (Lipinski definition) is 2. The minimum Gasteiger partial charge on any atom is -0.391 e. The number of nitrogens with zero attached hydrogens (tertiary/aromatic N) is 4. The second kappa shape index (κ2) is 9.42. The van der Waals surface area contributed by atoms with Gasteiger partial charge >= 0.3 is 0 Å². The number of pyridine rings is 1. The van der Waals surface area contributed by atoms with Gasteiger partial charge in [-0.05, 0) is 43.9 Å². The molecule has 3 unspecified atom stereocenters. The molecule has 0 spiro atoms. The van der Waals surface area contributed by atoms with Gasteiger partial charge in [-0.3, -0.25) is 0 Å². The summed E-state index contributed by atoms with van der Waals surface area (Å²) >= 11 is 6.19. The van der Waals surface area contributed by atoms with Gasteiger partial charge in [0.05, 0.1) is 28.3 Å². The average Bonchev–Trinajstić information content (AvgIpc) is 3.23. The van der Waals surface area contributed by atoms with Crippen molar-refractivity contribution in [3.63, 3.8) is 0 Å². The van der Waals surface area contributed by atoms with Crippen molar-refractivity contribution in [1.29, 1.82) is 0 Å². The molecule has 3 aromatic heterocycles. The Kier molecular flexibility index (Phi) is 6.44. The van der Waals surface area contributed by atoms with Crippen LogP contribution in [-0.2, 0) is 10.0 Å². The molecule has 0 bridgehead atoms. The first-order valence-electron chi connectivity index (χ1n) is 11.6. The van der Waals surface area contributed by atoms with Crippen molar-refractivity contribution in [2.45, 2.75) is 50.2 Å².